The Balaban J connectivity index is 1.86. The first kappa shape index (κ1) is 12.5. The topological polar surface area (TPSA) is 41.6 Å². The molecule has 3 atom stereocenters. The Labute approximate surface area is 123 Å². The Bertz CT molecular complexity index is 591. The summed E-state index contributed by atoms with van der Waals surface area (Å²) in [5.74, 6) is 1.46. The van der Waals surface area contributed by atoms with Crippen LogP contribution in [0.2, 0.25) is 5.02 Å². The summed E-state index contributed by atoms with van der Waals surface area (Å²) in [6, 6.07) is 5.74. The second-order valence-corrected chi connectivity index (χ2v) is 6.59. The molecule has 3 heterocycles. The molecule has 0 aliphatic carbocycles. The van der Waals surface area contributed by atoms with Crippen LogP contribution in [0, 0.1) is 5.92 Å². The fourth-order valence-corrected chi connectivity index (χ4v) is 4.11. The van der Waals surface area contributed by atoms with Crippen LogP contribution in [0.1, 0.15) is 24.3 Å². The zero-order valence-electron chi connectivity index (χ0n) is 11.4. The van der Waals surface area contributed by atoms with Crippen molar-refractivity contribution in [2.45, 2.75) is 24.5 Å². The van der Waals surface area contributed by atoms with E-state index in [0.717, 1.165) is 30.8 Å². The lowest BCUT2D eigenvalue weighted by atomic mass is 9.69. The lowest BCUT2D eigenvalue weighted by Crippen LogP contribution is -2.69. The lowest BCUT2D eigenvalue weighted by Gasteiger charge is -2.55. The van der Waals surface area contributed by atoms with E-state index in [4.69, 9.17) is 16.3 Å². The minimum Gasteiger partial charge on any atom is -0.467 e. The van der Waals surface area contributed by atoms with Gasteiger partial charge in [0, 0.05) is 42.8 Å². The molecule has 1 amide bonds. The van der Waals surface area contributed by atoms with Crippen molar-refractivity contribution in [3.05, 3.63) is 28.8 Å². The predicted octanol–water partition coefficient (Wildman–Crippen LogP) is 1.98. The third-order valence-electron chi connectivity index (χ3n) is 4.88. The smallest absolute Gasteiger partial charge is 0.223 e. The summed E-state index contributed by atoms with van der Waals surface area (Å²) in [4.78, 5) is 14.4. The number of ether oxygens (including phenoxy) is 1. The number of rotatable bonds is 0. The number of nitrogens with zero attached hydrogens (tertiary/aromatic N) is 1. The average molecular weight is 293 g/mol. The van der Waals surface area contributed by atoms with Crippen LogP contribution in [0.5, 0.6) is 5.75 Å². The molecule has 4 nitrogen and oxygen atoms in total. The number of carbonyl (C=O) groups is 1. The van der Waals surface area contributed by atoms with Crippen LogP contribution >= 0.6 is 11.6 Å². The highest BCUT2D eigenvalue weighted by Crippen LogP contribution is 2.51. The molecule has 2 saturated heterocycles. The molecule has 0 spiro atoms. The zero-order chi connectivity index (χ0) is 13.9. The monoisotopic (exact) mass is 292 g/mol. The van der Waals surface area contributed by atoms with Gasteiger partial charge in [-0.15, -0.1) is 0 Å². The summed E-state index contributed by atoms with van der Waals surface area (Å²) in [6.07, 6.45) is 1.36. The van der Waals surface area contributed by atoms with Crippen LogP contribution in [0.15, 0.2) is 18.2 Å². The molecule has 1 aromatic rings. The summed E-state index contributed by atoms with van der Waals surface area (Å²) in [7, 11) is 2.12. The molecule has 1 N–H and O–H groups in total. The van der Waals surface area contributed by atoms with Crippen LogP contribution in [0.4, 0.5) is 0 Å². The van der Waals surface area contributed by atoms with Crippen molar-refractivity contribution in [1.29, 1.82) is 0 Å². The molecular formula is C15H17ClN2O2. The van der Waals surface area contributed by atoms with E-state index in [1.165, 1.54) is 0 Å². The van der Waals surface area contributed by atoms with Gasteiger partial charge in [0.25, 0.3) is 0 Å². The quantitative estimate of drug-likeness (QED) is 0.795. The van der Waals surface area contributed by atoms with E-state index in [1.807, 2.05) is 18.2 Å². The number of hydrogen-bond acceptors (Lipinski definition) is 3. The largest absolute Gasteiger partial charge is 0.467 e. The highest BCUT2D eigenvalue weighted by atomic mass is 35.5. The third kappa shape index (κ3) is 1.68. The Hall–Kier alpha value is -1.26. The summed E-state index contributed by atoms with van der Waals surface area (Å²) in [6.45, 7) is 1.88. The Morgan fingerprint density at radius 3 is 3.20 bits per heavy atom. The Morgan fingerprint density at radius 2 is 2.35 bits per heavy atom. The van der Waals surface area contributed by atoms with Gasteiger partial charge in [-0.1, -0.05) is 11.6 Å². The van der Waals surface area contributed by atoms with Gasteiger partial charge in [-0.2, -0.15) is 0 Å². The van der Waals surface area contributed by atoms with Crippen LogP contribution in [-0.2, 0) is 4.79 Å². The number of likely N-dealkylation sites (tertiary alicyclic amines) is 1. The van der Waals surface area contributed by atoms with Crippen molar-refractivity contribution in [3.63, 3.8) is 0 Å². The van der Waals surface area contributed by atoms with Gasteiger partial charge < -0.3 is 15.0 Å². The highest BCUT2D eigenvalue weighted by Gasteiger charge is 2.56. The molecule has 3 aliphatic rings. The van der Waals surface area contributed by atoms with E-state index in [9.17, 15) is 4.79 Å². The molecule has 0 saturated carbocycles. The molecule has 2 fully saturated rings. The Morgan fingerprint density at radius 1 is 1.50 bits per heavy atom. The van der Waals surface area contributed by atoms with Crippen molar-refractivity contribution in [2.24, 2.45) is 5.92 Å². The first-order valence-electron chi connectivity index (χ1n) is 7.05. The molecule has 0 radical (unpaired) electrons. The van der Waals surface area contributed by atoms with Crippen molar-refractivity contribution in [2.75, 3.05) is 20.1 Å². The first-order valence-corrected chi connectivity index (χ1v) is 7.43. The molecule has 20 heavy (non-hydrogen) atoms. The van der Waals surface area contributed by atoms with Crippen molar-refractivity contribution in [1.82, 2.24) is 10.2 Å². The van der Waals surface area contributed by atoms with Crippen molar-refractivity contribution >= 4 is 17.5 Å². The predicted molar refractivity (Wildman–Crippen MR) is 75.9 cm³/mol. The molecular weight excluding hydrogens is 276 g/mol. The molecule has 5 heteroatoms. The van der Waals surface area contributed by atoms with Gasteiger partial charge in [-0.25, -0.2) is 0 Å². The molecule has 4 rings (SSSR count). The van der Waals surface area contributed by atoms with Crippen LogP contribution in [0.25, 0.3) is 0 Å². The molecule has 0 aromatic heterocycles. The SMILES string of the molecule is CN1CC[C@]23NC(=O)C[C@@H](c4cc(Cl)ccc4O2)[C@H]3C1. The van der Waals surface area contributed by atoms with Gasteiger partial charge in [-0.3, -0.25) is 4.79 Å². The zero-order valence-corrected chi connectivity index (χ0v) is 12.1. The number of carbonyl (C=O) groups excluding carboxylic acids is 1. The number of piperidine rings is 2. The van der Waals surface area contributed by atoms with Crippen LogP contribution in [-0.4, -0.2) is 36.7 Å². The average Bonchev–Trinajstić information content (AvgIpc) is 2.40. The third-order valence-corrected chi connectivity index (χ3v) is 5.11. The van der Waals surface area contributed by atoms with Gasteiger partial charge in [0.2, 0.25) is 5.91 Å². The summed E-state index contributed by atoms with van der Waals surface area (Å²) < 4.78 is 6.25. The standard InChI is InChI=1S/C15H17ClN2O2/c1-18-5-4-15-12(8-18)10(7-14(19)17-15)11-6-9(16)2-3-13(11)20-15/h2-3,6,10,12H,4-5,7-8H2,1H3,(H,17,19)/t10-,12+,15-/m0/s1. The maximum atomic E-state index is 12.1. The number of benzene rings is 1. The molecule has 2 bridgehead atoms. The summed E-state index contributed by atoms with van der Waals surface area (Å²) >= 11 is 6.13. The maximum Gasteiger partial charge on any atom is 0.223 e. The fraction of sp³-hybridized carbons (Fsp3) is 0.533. The van der Waals surface area contributed by atoms with Gasteiger partial charge in [0.05, 0.1) is 0 Å². The molecule has 106 valence electrons. The van der Waals surface area contributed by atoms with Gasteiger partial charge in [0.1, 0.15) is 5.75 Å². The van der Waals surface area contributed by atoms with Gasteiger partial charge in [0.15, 0.2) is 5.72 Å². The maximum absolute atomic E-state index is 12.1. The number of hydrogen-bond donors (Lipinski definition) is 1. The van der Waals surface area contributed by atoms with Crippen LogP contribution < -0.4 is 10.1 Å². The van der Waals surface area contributed by atoms with E-state index in [-0.39, 0.29) is 11.8 Å². The molecule has 3 aliphatic heterocycles. The van der Waals surface area contributed by atoms with Crippen molar-refractivity contribution in [3.8, 4) is 5.75 Å². The lowest BCUT2D eigenvalue weighted by molar-refractivity contribution is -0.152. The molecule has 1 aromatic carbocycles. The second kappa shape index (κ2) is 4.12. The first-order chi connectivity index (χ1) is 9.57. The van der Waals surface area contributed by atoms with E-state index >= 15 is 0 Å². The minimum atomic E-state index is -0.520. The van der Waals surface area contributed by atoms with E-state index in [0.29, 0.717) is 17.4 Å². The highest BCUT2D eigenvalue weighted by molar-refractivity contribution is 6.30. The molecule has 0 unspecified atom stereocenters. The second-order valence-electron chi connectivity index (χ2n) is 6.15. The number of nitrogens with one attached hydrogen (secondary N) is 1. The summed E-state index contributed by atoms with van der Waals surface area (Å²) in [5, 5.41) is 3.82. The number of halogens is 1. The summed E-state index contributed by atoms with van der Waals surface area (Å²) in [5.41, 5.74) is 0.566. The van der Waals surface area contributed by atoms with Crippen molar-refractivity contribution < 1.29 is 9.53 Å². The van der Waals surface area contributed by atoms with Gasteiger partial charge >= 0.3 is 0 Å². The van der Waals surface area contributed by atoms with Gasteiger partial charge in [-0.05, 0) is 30.8 Å². The fourth-order valence-electron chi connectivity index (χ4n) is 3.93. The van der Waals surface area contributed by atoms with Crippen LogP contribution in [0.3, 0.4) is 0 Å². The number of amides is 1. The normalized spacial score (nSPS) is 35.6. The van der Waals surface area contributed by atoms with E-state index < -0.39 is 5.72 Å². The number of fused-ring (bicyclic) bond motifs is 2. The minimum absolute atomic E-state index is 0.0847. The Kier molecular flexibility index (Phi) is 2.57. The van der Waals surface area contributed by atoms with E-state index in [2.05, 4.69) is 17.3 Å². The van der Waals surface area contributed by atoms with E-state index in [1.54, 1.807) is 0 Å².